The average Bonchev–Trinajstić information content (AvgIpc) is 2.68. The molecule has 5 heteroatoms. The molecule has 1 aromatic heterocycles. The zero-order valence-electron chi connectivity index (χ0n) is 17.7. The lowest BCUT2D eigenvalue weighted by atomic mass is 10.0. The Balaban J connectivity index is 2.32. The van der Waals surface area contributed by atoms with Crippen molar-refractivity contribution in [1.29, 1.82) is 0 Å². The largest absolute Gasteiger partial charge is 0.310 e. The maximum Gasteiger partial charge on any atom is 0.225 e. The van der Waals surface area contributed by atoms with Gasteiger partial charge in [0.1, 0.15) is 11.5 Å². The van der Waals surface area contributed by atoms with Crippen molar-refractivity contribution < 1.29 is 4.79 Å². The summed E-state index contributed by atoms with van der Waals surface area (Å²) in [6.07, 6.45) is 1.10. The molecule has 0 atom stereocenters. The number of carbonyl (C=O) groups excluding carboxylic acids is 1. The Labute approximate surface area is 171 Å². The van der Waals surface area contributed by atoms with Crippen LogP contribution in [0.1, 0.15) is 42.1 Å². The van der Waals surface area contributed by atoms with Crippen LogP contribution in [0, 0.1) is 27.7 Å². The van der Waals surface area contributed by atoms with Gasteiger partial charge in [0.25, 0.3) is 0 Å². The zero-order valence-corrected chi connectivity index (χ0v) is 17.7. The summed E-state index contributed by atoms with van der Waals surface area (Å²) >= 11 is 0. The average molecular weight is 389 g/mol. The smallest absolute Gasteiger partial charge is 0.225 e. The van der Waals surface area contributed by atoms with E-state index in [1.807, 2.05) is 70.2 Å². The number of nitrogens with zero attached hydrogens (tertiary/aromatic N) is 2. The summed E-state index contributed by atoms with van der Waals surface area (Å²) in [6, 6.07) is 13.7. The van der Waals surface area contributed by atoms with Crippen LogP contribution < -0.4 is 10.7 Å². The summed E-state index contributed by atoms with van der Waals surface area (Å²) in [5.41, 5.74) is 5.61. The molecule has 0 bridgehead atoms. The van der Waals surface area contributed by atoms with E-state index < -0.39 is 0 Å². The minimum absolute atomic E-state index is 0.136. The molecule has 0 saturated carbocycles. The minimum Gasteiger partial charge on any atom is -0.310 e. The number of aromatic nitrogens is 2. The molecular formula is C24H27N3O2. The second-order valence-electron chi connectivity index (χ2n) is 7.48. The van der Waals surface area contributed by atoms with Gasteiger partial charge in [0, 0.05) is 6.42 Å². The maximum atomic E-state index is 13.1. The van der Waals surface area contributed by atoms with Crippen LogP contribution in [0.4, 0.5) is 5.82 Å². The van der Waals surface area contributed by atoms with E-state index in [-0.39, 0.29) is 11.3 Å². The molecule has 0 unspecified atom stereocenters. The fourth-order valence-corrected chi connectivity index (χ4v) is 3.21. The van der Waals surface area contributed by atoms with E-state index >= 15 is 0 Å². The molecule has 0 aliphatic rings. The van der Waals surface area contributed by atoms with Gasteiger partial charge in [-0.2, -0.15) is 5.10 Å². The van der Waals surface area contributed by atoms with Gasteiger partial charge in [0.15, 0.2) is 0 Å². The molecule has 0 saturated heterocycles. The van der Waals surface area contributed by atoms with Crippen molar-refractivity contribution in [3.8, 4) is 16.8 Å². The third-order valence-electron chi connectivity index (χ3n) is 5.06. The normalized spacial score (nSPS) is 10.8. The summed E-state index contributed by atoms with van der Waals surface area (Å²) in [4.78, 5) is 25.6. The topological polar surface area (TPSA) is 64.0 Å². The summed E-state index contributed by atoms with van der Waals surface area (Å²) in [5, 5.41) is 7.48. The number of aryl methyl sites for hydroxylation is 4. The number of rotatable bonds is 5. The summed E-state index contributed by atoms with van der Waals surface area (Å²) in [7, 11) is 0. The highest BCUT2D eigenvalue weighted by Crippen LogP contribution is 2.28. The van der Waals surface area contributed by atoms with Gasteiger partial charge in [-0.15, -0.1) is 0 Å². The molecule has 1 heterocycles. The number of carbonyl (C=O) groups is 1. The predicted octanol–water partition coefficient (Wildman–Crippen LogP) is 4.87. The molecule has 29 heavy (non-hydrogen) atoms. The third kappa shape index (κ3) is 4.29. The molecule has 3 aromatic rings. The van der Waals surface area contributed by atoms with Crippen LogP contribution in [0.25, 0.3) is 16.8 Å². The number of benzene rings is 2. The molecule has 1 N–H and O–H groups in total. The van der Waals surface area contributed by atoms with Crippen LogP contribution in [-0.4, -0.2) is 15.7 Å². The first-order chi connectivity index (χ1) is 13.8. The molecule has 0 fully saturated rings. The highest BCUT2D eigenvalue weighted by molar-refractivity contribution is 5.94. The molecular weight excluding hydrogens is 362 g/mol. The Kier molecular flexibility index (Phi) is 5.97. The maximum absolute atomic E-state index is 13.1. The lowest BCUT2D eigenvalue weighted by Gasteiger charge is -2.19. The summed E-state index contributed by atoms with van der Waals surface area (Å²) < 4.78 is 1.67. The van der Waals surface area contributed by atoms with Gasteiger partial charge in [0.2, 0.25) is 11.3 Å². The van der Waals surface area contributed by atoms with E-state index in [9.17, 15) is 9.59 Å². The molecule has 0 spiro atoms. The molecule has 150 valence electrons. The van der Waals surface area contributed by atoms with E-state index in [4.69, 9.17) is 0 Å². The number of anilines is 1. The van der Waals surface area contributed by atoms with Crippen LogP contribution in [0.15, 0.2) is 47.3 Å². The molecule has 2 aromatic carbocycles. The van der Waals surface area contributed by atoms with Crippen molar-refractivity contribution in [2.75, 3.05) is 5.32 Å². The quantitative estimate of drug-likeness (QED) is 0.677. The van der Waals surface area contributed by atoms with E-state index in [1.54, 1.807) is 11.6 Å². The van der Waals surface area contributed by atoms with Crippen molar-refractivity contribution in [3.63, 3.8) is 0 Å². The Morgan fingerprint density at radius 2 is 1.69 bits per heavy atom. The first-order valence-corrected chi connectivity index (χ1v) is 9.90. The van der Waals surface area contributed by atoms with Crippen LogP contribution in [0.2, 0.25) is 0 Å². The number of nitrogens with one attached hydrogen (secondary N) is 1. The third-order valence-corrected chi connectivity index (χ3v) is 5.06. The van der Waals surface area contributed by atoms with E-state index in [2.05, 4.69) is 10.4 Å². The molecule has 0 radical (unpaired) electrons. The van der Waals surface area contributed by atoms with Crippen LogP contribution in [0.5, 0.6) is 0 Å². The number of amides is 1. The minimum atomic E-state index is -0.180. The van der Waals surface area contributed by atoms with Gasteiger partial charge in [-0.05, 0) is 62.9 Å². The van der Waals surface area contributed by atoms with Gasteiger partial charge < -0.3 is 5.32 Å². The highest BCUT2D eigenvalue weighted by atomic mass is 16.1. The Hall–Kier alpha value is -3.21. The lowest BCUT2D eigenvalue weighted by Crippen LogP contribution is -2.24. The molecule has 0 aliphatic carbocycles. The van der Waals surface area contributed by atoms with Gasteiger partial charge >= 0.3 is 0 Å². The van der Waals surface area contributed by atoms with Crippen LogP contribution in [0.3, 0.4) is 0 Å². The fourth-order valence-electron chi connectivity index (χ4n) is 3.21. The van der Waals surface area contributed by atoms with Crippen molar-refractivity contribution in [2.24, 2.45) is 0 Å². The molecule has 5 nitrogen and oxygen atoms in total. The van der Waals surface area contributed by atoms with Gasteiger partial charge in [-0.25, -0.2) is 4.68 Å². The zero-order chi connectivity index (χ0) is 21.1. The summed E-state index contributed by atoms with van der Waals surface area (Å²) in [5.74, 6) is 0.273. The summed E-state index contributed by atoms with van der Waals surface area (Å²) in [6.45, 7) is 9.73. The first kappa shape index (κ1) is 20.5. The monoisotopic (exact) mass is 389 g/mol. The Morgan fingerprint density at radius 1 is 1.00 bits per heavy atom. The van der Waals surface area contributed by atoms with Crippen molar-refractivity contribution >= 4 is 11.7 Å². The second kappa shape index (κ2) is 8.43. The van der Waals surface area contributed by atoms with Gasteiger partial charge in [0.05, 0.1) is 11.3 Å². The molecule has 0 aliphatic heterocycles. The predicted molar refractivity (Wildman–Crippen MR) is 118 cm³/mol. The first-order valence-electron chi connectivity index (χ1n) is 9.90. The van der Waals surface area contributed by atoms with Crippen molar-refractivity contribution in [2.45, 2.75) is 47.5 Å². The van der Waals surface area contributed by atoms with Gasteiger partial charge in [-0.1, -0.05) is 42.8 Å². The Morgan fingerprint density at radius 3 is 2.31 bits per heavy atom. The van der Waals surface area contributed by atoms with E-state index in [0.29, 0.717) is 23.5 Å². The lowest BCUT2D eigenvalue weighted by molar-refractivity contribution is -0.116. The second-order valence-corrected chi connectivity index (χ2v) is 7.48. The van der Waals surface area contributed by atoms with Crippen molar-refractivity contribution in [1.82, 2.24) is 9.78 Å². The van der Waals surface area contributed by atoms with Crippen LogP contribution in [-0.2, 0) is 4.79 Å². The number of hydrogen-bond donors (Lipinski definition) is 1. The molecule has 1 amide bonds. The van der Waals surface area contributed by atoms with Crippen LogP contribution >= 0.6 is 0 Å². The van der Waals surface area contributed by atoms with E-state index in [1.165, 1.54) is 5.56 Å². The van der Waals surface area contributed by atoms with E-state index in [0.717, 1.165) is 28.8 Å². The Bertz CT molecular complexity index is 1110. The fraction of sp³-hybridized carbons (Fsp3) is 0.292. The SMILES string of the molecule is CCCC(=O)Nc1c(-c2ccc(C)cc2)c(=O)c(C)nn1-c1ccc(C)c(C)c1. The number of hydrogen-bond acceptors (Lipinski definition) is 3. The molecule has 3 rings (SSSR count). The highest BCUT2D eigenvalue weighted by Gasteiger charge is 2.20. The van der Waals surface area contributed by atoms with Gasteiger partial charge in [-0.3, -0.25) is 9.59 Å². The van der Waals surface area contributed by atoms with Crippen molar-refractivity contribution in [3.05, 3.63) is 75.1 Å². The standard InChI is InChI=1S/C24H27N3O2/c1-6-7-21(28)25-24-22(19-11-8-15(2)9-12-19)23(29)18(5)26-27(24)20-13-10-16(3)17(4)14-20/h8-14H,6-7H2,1-5H3,(H,25,28).